The van der Waals surface area contributed by atoms with Crippen LogP contribution in [0.1, 0.15) is 31.2 Å². The van der Waals surface area contributed by atoms with Gasteiger partial charge in [0.25, 0.3) is 0 Å². The molecule has 0 unspecified atom stereocenters. The van der Waals surface area contributed by atoms with Gasteiger partial charge in [-0.15, -0.1) is 0 Å². The molecule has 5 rings (SSSR count). The molecule has 24 heavy (non-hydrogen) atoms. The summed E-state index contributed by atoms with van der Waals surface area (Å²) in [4.78, 5) is 2.53. The second-order valence-corrected chi connectivity index (χ2v) is 9.41. The number of ether oxygens (including phenoxy) is 1. The van der Waals surface area contributed by atoms with E-state index < -0.39 is 10.0 Å². The van der Waals surface area contributed by atoms with Crippen molar-refractivity contribution in [3.05, 3.63) is 29.8 Å². The molecule has 6 heteroatoms. The van der Waals surface area contributed by atoms with Gasteiger partial charge in [0.1, 0.15) is 5.75 Å². The van der Waals surface area contributed by atoms with Crippen molar-refractivity contribution in [2.24, 2.45) is 5.92 Å². The lowest BCUT2D eigenvalue weighted by Crippen LogP contribution is -2.60. The van der Waals surface area contributed by atoms with Gasteiger partial charge in [-0.3, -0.25) is 4.90 Å². The Morgan fingerprint density at radius 1 is 1.12 bits per heavy atom. The molecule has 0 amide bonds. The van der Waals surface area contributed by atoms with E-state index in [9.17, 15) is 8.42 Å². The SMILES string of the molecule is CCS(=O)(=O)N1C[C@@H](c2ccc(OC)cc2)[C@@H]2[C@H]1C1CCN2CC1. The van der Waals surface area contributed by atoms with Gasteiger partial charge in [0.15, 0.2) is 0 Å². The summed E-state index contributed by atoms with van der Waals surface area (Å²) in [5.74, 6) is 1.81. The van der Waals surface area contributed by atoms with Gasteiger partial charge < -0.3 is 4.74 Å². The molecular formula is C18H26N2O3S. The zero-order chi connectivity index (χ0) is 16.9. The largest absolute Gasteiger partial charge is 0.497 e. The molecule has 4 aliphatic rings. The maximum Gasteiger partial charge on any atom is 0.214 e. The lowest BCUT2D eigenvalue weighted by Gasteiger charge is -2.51. The molecule has 0 spiro atoms. The van der Waals surface area contributed by atoms with E-state index in [0.29, 0.717) is 18.5 Å². The Hall–Kier alpha value is -1.11. The second-order valence-electron chi connectivity index (χ2n) is 7.20. The molecule has 4 saturated heterocycles. The van der Waals surface area contributed by atoms with Crippen molar-refractivity contribution in [3.63, 3.8) is 0 Å². The predicted octanol–water partition coefficient (Wildman–Crippen LogP) is 1.91. The van der Waals surface area contributed by atoms with E-state index in [1.807, 2.05) is 16.4 Å². The van der Waals surface area contributed by atoms with E-state index in [4.69, 9.17) is 4.74 Å². The predicted molar refractivity (Wildman–Crippen MR) is 93.8 cm³/mol. The normalized spacial score (nSPS) is 35.8. The summed E-state index contributed by atoms with van der Waals surface area (Å²) in [6.07, 6.45) is 2.26. The molecule has 5 nitrogen and oxygen atoms in total. The van der Waals surface area contributed by atoms with Crippen LogP contribution in [-0.4, -0.2) is 62.2 Å². The van der Waals surface area contributed by atoms with E-state index >= 15 is 0 Å². The topological polar surface area (TPSA) is 49.9 Å². The number of benzene rings is 1. The van der Waals surface area contributed by atoms with Gasteiger partial charge in [-0.2, -0.15) is 4.31 Å². The highest BCUT2D eigenvalue weighted by molar-refractivity contribution is 7.89. The maximum absolute atomic E-state index is 12.7. The fraction of sp³-hybridized carbons (Fsp3) is 0.667. The number of hydrogen-bond donors (Lipinski definition) is 0. The molecule has 4 aliphatic heterocycles. The second kappa shape index (κ2) is 6.00. The third-order valence-electron chi connectivity index (χ3n) is 6.22. The van der Waals surface area contributed by atoms with Gasteiger partial charge in [-0.05, 0) is 56.5 Å². The lowest BCUT2D eigenvalue weighted by atomic mass is 9.75. The number of hydrogen-bond acceptors (Lipinski definition) is 4. The first-order valence-corrected chi connectivity index (χ1v) is 10.5. The number of piperidine rings is 3. The first kappa shape index (κ1) is 16.4. The lowest BCUT2D eigenvalue weighted by molar-refractivity contribution is 0.0123. The molecule has 4 heterocycles. The molecule has 1 aromatic carbocycles. The zero-order valence-corrected chi connectivity index (χ0v) is 15.2. The monoisotopic (exact) mass is 350 g/mol. The Morgan fingerprint density at radius 3 is 2.38 bits per heavy atom. The molecule has 4 fully saturated rings. The van der Waals surface area contributed by atoms with Crippen molar-refractivity contribution in [2.75, 3.05) is 32.5 Å². The number of methoxy groups -OCH3 is 1. The van der Waals surface area contributed by atoms with Crippen molar-refractivity contribution >= 4 is 10.0 Å². The first-order chi connectivity index (χ1) is 11.5. The molecule has 2 bridgehead atoms. The van der Waals surface area contributed by atoms with Gasteiger partial charge >= 0.3 is 0 Å². The molecule has 0 radical (unpaired) electrons. The summed E-state index contributed by atoms with van der Waals surface area (Å²) in [5.41, 5.74) is 1.23. The highest BCUT2D eigenvalue weighted by atomic mass is 32.2. The minimum atomic E-state index is -3.16. The number of rotatable bonds is 4. The van der Waals surface area contributed by atoms with Crippen molar-refractivity contribution < 1.29 is 13.2 Å². The van der Waals surface area contributed by atoms with Crippen LogP contribution in [0.3, 0.4) is 0 Å². The summed E-state index contributed by atoms with van der Waals surface area (Å²) in [6.45, 7) is 4.59. The Balaban J connectivity index is 1.72. The minimum Gasteiger partial charge on any atom is -0.497 e. The van der Waals surface area contributed by atoms with E-state index in [1.165, 1.54) is 5.56 Å². The average molecular weight is 350 g/mol. The van der Waals surface area contributed by atoms with Crippen LogP contribution in [0.2, 0.25) is 0 Å². The van der Waals surface area contributed by atoms with E-state index in [-0.39, 0.29) is 17.7 Å². The van der Waals surface area contributed by atoms with E-state index in [0.717, 1.165) is 31.7 Å². The van der Waals surface area contributed by atoms with E-state index in [2.05, 4.69) is 17.0 Å². The summed E-state index contributed by atoms with van der Waals surface area (Å²) < 4.78 is 32.5. The van der Waals surface area contributed by atoms with Crippen LogP contribution in [0.4, 0.5) is 0 Å². The molecule has 132 valence electrons. The van der Waals surface area contributed by atoms with Crippen LogP contribution in [-0.2, 0) is 10.0 Å². The number of nitrogens with zero attached hydrogens (tertiary/aromatic N) is 2. The van der Waals surface area contributed by atoms with Crippen molar-refractivity contribution in [1.29, 1.82) is 0 Å². The highest BCUT2D eigenvalue weighted by Gasteiger charge is 2.56. The fourth-order valence-corrected chi connectivity index (χ4v) is 6.38. The highest BCUT2D eigenvalue weighted by Crippen LogP contribution is 2.47. The summed E-state index contributed by atoms with van der Waals surface area (Å²) in [7, 11) is -1.49. The average Bonchev–Trinajstić information content (AvgIpc) is 3.06. The summed E-state index contributed by atoms with van der Waals surface area (Å²) in [6, 6.07) is 8.66. The molecule has 0 N–H and O–H groups in total. The van der Waals surface area contributed by atoms with Crippen LogP contribution in [0.15, 0.2) is 24.3 Å². The minimum absolute atomic E-state index is 0.157. The molecule has 0 aromatic heterocycles. The standard InChI is InChI=1S/C18H26N2O3S/c1-3-24(21,22)20-12-16(13-4-6-15(23-2)7-5-13)18-17(20)14-8-10-19(18)11-9-14/h4-7,14,16-18H,3,8-12H2,1-2H3/t16-,17+,18+/m0/s1. The van der Waals surface area contributed by atoms with Crippen LogP contribution in [0.25, 0.3) is 0 Å². The van der Waals surface area contributed by atoms with Crippen LogP contribution in [0.5, 0.6) is 5.75 Å². The molecule has 0 saturated carbocycles. The van der Waals surface area contributed by atoms with Crippen LogP contribution < -0.4 is 4.74 Å². The van der Waals surface area contributed by atoms with Gasteiger partial charge in [0, 0.05) is 24.5 Å². The van der Waals surface area contributed by atoms with Gasteiger partial charge in [-0.25, -0.2) is 8.42 Å². The summed E-state index contributed by atoms with van der Waals surface area (Å²) in [5, 5.41) is 0. The zero-order valence-electron chi connectivity index (χ0n) is 14.4. The first-order valence-electron chi connectivity index (χ1n) is 8.92. The van der Waals surface area contributed by atoms with Gasteiger partial charge in [-0.1, -0.05) is 12.1 Å². The number of fused-ring (bicyclic) bond motifs is 2. The van der Waals surface area contributed by atoms with Crippen molar-refractivity contribution in [3.8, 4) is 5.75 Å². The Kier molecular flexibility index (Phi) is 4.09. The number of sulfonamides is 1. The van der Waals surface area contributed by atoms with Crippen molar-refractivity contribution in [2.45, 2.75) is 37.8 Å². The van der Waals surface area contributed by atoms with Crippen LogP contribution >= 0.6 is 0 Å². The molecule has 0 aliphatic carbocycles. The molecular weight excluding hydrogens is 324 g/mol. The quantitative estimate of drug-likeness (QED) is 0.832. The third kappa shape index (κ3) is 2.47. The summed E-state index contributed by atoms with van der Waals surface area (Å²) >= 11 is 0. The molecule has 3 atom stereocenters. The Labute approximate surface area is 144 Å². The van der Waals surface area contributed by atoms with Crippen LogP contribution in [0, 0.1) is 5.92 Å². The van der Waals surface area contributed by atoms with Crippen molar-refractivity contribution in [1.82, 2.24) is 9.21 Å². The fourth-order valence-electron chi connectivity index (χ4n) is 4.99. The Morgan fingerprint density at radius 2 is 1.79 bits per heavy atom. The Bertz CT molecular complexity index is 695. The third-order valence-corrected chi connectivity index (χ3v) is 8.05. The molecule has 1 aromatic rings. The maximum atomic E-state index is 12.7. The van der Waals surface area contributed by atoms with Gasteiger partial charge in [0.05, 0.1) is 12.9 Å². The van der Waals surface area contributed by atoms with Gasteiger partial charge in [0.2, 0.25) is 10.0 Å². The van der Waals surface area contributed by atoms with E-state index in [1.54, 1.807) is 14.0 Å². The smallest absolute Gasteiger partial charge is 0.214 e.